The van der Waals surface area contributed by atoms with E-state index in [1.807, 2.05) is 18.3 Å². The summed E-state index contributed by atoms with van der Waals surface area (Å²) in [6.45, 7) is 4.79. The van der Waals surface area contributed by atoms with Gasteiger partial charge in [0.05, 0.1) is 12.0 Å². The van der Waals surface area contributed by atoms with Crippen molar-refractivity contribution in [3.8, 4) is 0 Å². The molecule has 7 heteroatoms. The lowest BCUT2D eigenvalue weighted by Crippen LogP contribution is -2.37. The first-order valence-electron chi connectivity index (χ1n) is 8.74. The highest BCUT2D eigenvalue weighted by molar-refractivity contribution is 5.39. The van der Waals surface area contributed by atoms with Crippen LogP contribution in [0.5, 0.6) is 0 Å². The third-order valence-corrected chi connectivity index (χ3v) is 4.78. The van der Waals surface area contributed by atoms with E-state index in [2.05, 4.69) is 42.5 Å². The van der Waals surface area contributed by atoms with Gasteiger partial charge in [-0.3, -0.25) is 4.90 Å². The third kappa shape index (κ3) is 2.91. The van der Waals surface area contributed by atoms with Crippen molar-refractivity contribution in [2.75, 3.05) is 12.3 Å². The van der Waals surface area contributed by atoms with Crippen molar-refractivity contribution >= 4 is 5.82 Å². The normalized spacial score (nSPS) is 17.6. The van der Waals surface area contributed by atoms with Gasteiger partial charge in [0.2, 0.25) is 0 Å². The van der Waals surface area contributed by atoms with Crippen molar-refractivity contribution in [1.82, 2.24) is 29.4 Å². The first-order chi connectivity index (χ1) is 12.3. The highest BCUT2D eigenvalue weighted by Crippen LogP contribution is 2.34. The number of nitrogens with one attached hydrogen (secondary N) is 1. The van der Waals surface area contributed by atoms with Gasteiger partial charge in [-0.2, -0.15) is 0 Å². The maximum Gasteiger partial charge on any atom is 0.132 e. The zero-order chi connectivity index (χ0) is 17.2. The molecule has 130 valence electrons. The standard InChI is InChI=1S/C18H23N7/c1-2-8-24-10-7-21-18(24)16-15-14(22-12-23-15)5-9-25(16)11-13-4-3-6-20-17(13)19/h3-4,6-7,10,12,16H,2,5,8-9,11H2,1H3,(H2,19,20)(H,22,23)/t16-/m1/s1. The Hall–Kier alpha value is -2.67. The van der Waals surface area contributed by atoms with Crippen LogP contribution in [0.15, 0.2) is 37.1 Å². The molecule has 3 aromatic heterocycles. The molecule has 0 spiro atoms. The Bertz CT molecular complexity index is 850. The smallest absolute Gasteiger partial charge is 0.132 e. The molecule has 0 aromatic carbocycles. The lowest BCUT2D eigenvalue weighted by molar-refractivity contribution is 0.189. The van der Waals surface area contributed by atoms with Crippen LogP contribution in [0.4, 0.5) is 5.82 Å². The average molecular weight is 337 g/mol. The number of imidazole rings is 2. The van der Waals surface area contributed by atoms with Crippen molar-refractivity contribution in [3.05, 3.63) is 59.8 Å². The van der Waals surface area contributed by atoms with Gasteiger partial charge in [-0.05, 0) is 12.5 Å². The second kappa shape index (κ2) is 6.68. The van der Waals surface area contributed by atoms with Gasteiger partial charge in [0, 0.05) is 55.9 Å². The number of hydrogen-bond acceptors (Lipinski definition) is 5. The van der Waals surface area contributed by atoms with Gasteiger partial charge in [0.15, 0.2) is 0 Å². The van der Waals surface area contributed by atoms with E-state index in [4.69, 9.17) is 5.73 Å². The van der Waals surface area contributed by atoms with Crippen LogP contribution in [0.1, 0.15) is 42.2 Å². The molecule has 0 saturated carbocycles. The summed E-state index contributed by atoms with van der Waals surface area (Å²) in [5.74, 6) is 1.63. The molecule has 0 bridgehead atoms. The Morgan fingerprint density at radius 2 is 2.20 bits per heavy atom. The molecule has 0 saturated heterocycles. The van der Waals surface area contributed by atoms with Crippen molar-refractivity contribution < 1.29 is 0 Å². The van der Waals surface area contributed by atoms with Crippen LogP contribution in [0, 0.1) is 0 Å². The highest BCUT2D eigenvalue weighted by Gasteiger charge is 2.34. The SMILES string of the molecule is CCCn1ccnc1[C@H]1c2nc[nH]c2CCN1Cc1cccnc1N. The number of aryl methyl sites for hydroxylation is 1. The number of aromatic nitrogens is 5. The lowest BCUT2D eigenvalue weighted by Gasteiger charge is -2.34. The van der Waals surface area contributed by atoms with Gasteiger partial charge in [0.1, 0.15) is 17.7 Å². The predicted octanol–water partition coefficient (Wildman–Crippen LogP) is 2.14. The molecule has 0 radical (unpaired) electrons. The fraction of sp³-hybridized carbons (Fsp3) is 0.389. The fourth-order valence-corrected chi connectivity index (χ4v) is 3.58. The maximum atomic E-state index is 6.07. The van der Waals surface area contributed by atoms with Crippen molar-refractivity contribution in [3.63, 3.8) is 0 Å². The van der Waals surface area contributed by atoms with E-state index >= 15 is 0 Å². The molecule has 0 fully saturated rings. The zero-order valence-electron chi connectivity index (χ0n) is 14.4. The van der Waals surface area contributed by atoms with Crippen molar-refractivity contribution in [2.45, 2.75) is 38.9 Å². The number of hydrogen-bond donors (Lipinski definition) is 2. The van der Waals surface area contributed by atoms with E-state index in [1.54, 1.807) is 12.5 Å². The first-order valence-corrected chi connectivity index (χ1v) is 8.74. The number of nitrogens with zero attached hydrogens (tertiary/aromatic N) is 5. The summed E-state index contributed by atoms with van der Waals surface area (Å²) >= 11 is 0. The summed E-state index contributed by atoms with van der Waals surface area (Å²) in [5, 5.41) is 0. The number of pyridine rings is 1. The van der Waals surface area contributed by atoms with Gasteiger partial charge in [-0.1, -0.05) is 13.0 Å². The molecular weight excluding hydrogens is 314 g/mol. The lowest BCUT2D eigenvalue weighted by atomic mass is 10.0. The van der Waals surface area contributed by atoms with Crippen LogP contribution >= 0.6 is 0 Å². The van der Waals surface area contributed by atoms with Crippen LogP contribution in [-0.2, 0) is 19.5 Å². The van der Waals surface area contributed by atoms with Gasteiger partial charge in [0.25, 0.3) is 0 Å². The summed E-state index contributed by atoms with van der Waals surface area (Å²) < 4.78 is 2.23. The molecule has 4 rings (SSSR count). The van der Waals surface area contributed by atoms with E-state index in [0.717, 1.165) is 49.6 Å². The van der Waals surface area contributed by atoms with Crippen LogP contribution in [0.2, 0.25) is 0 Å². The van der Waals surface area contributed by atoms with Gasteiger partial charge < -0.3 is 15.3 Å². The number of H-pyrrole nitrogens is 1. The number of anilines is 1. The van der Waals surface area contributed by atoms with E-state index in [-0.39, 0.29) is 6.04 Å². The molecule has 1 aliphatic heterocycles. The Kier molecular flexibility index (Phi) is 4.23. The topological polar surface area (TPSA) is 88.7 Å². The van der Waals surface area contributed by atoms with E-state index in [0.29, 0.717) is 5.82 Å². The Morgan fingerprint density at radius 1 is 1.28 bits per heavy atom. The molecule has 7 nitrogen and oxygen atoms in total. The molecule has 0 amide bonds. The summed E-state index contributed by atoms with van der Waals surface area (Å²) in [4.78, 5) is 19.2. The first kappa shape index (κ1) is 15.8. The molecule has 0 aliphatic carbocycles. The predicted molar refractivity (Wildman–Crippen MR) is 95.7 cm³/mol. The molecule has 3 N–H and O–H groups in total. The fourth-order valence-electron chi connectivity index (χ4n) is 3.58. The average Bonchev–Trinajstić information content (AvgIpc) is 3.26. The minimum atomic E-state index is 0.0242. The number of aromatic amines is 1. The molecular formula is C18H23N7. The second-order valence-corrected chi connectivity index (χ2v) is 6.42. The van der Waals surface area contributed by atoms with Gasteiger partial charge >= 0.3 is 0 Å². The number of nitrogen functional groups attached to an aromatic ring is 1. The number of fused-ring (bicyclic) bond motifs is 1. The molecule has 1 aliphatic rings. The minimum absolute atomic E-state index is 0.0242. The highest BCUT2D eigenvalue weighted by atomic mass is 15.2. The quantitative estimate of drug-likeness (QED) is 0.744. The molecule has 1 atom stereocenters. The molecule has 4 heterocycles. The Morgan fingerprint density at radius 3 is 3.04 bits per heavy atom. The summed E-state index contributed by atoms with van der Waals surface area (Å²) in [6.07, 6.45) is 9.46. The number of rotatable bonds is 5. The van der Waals surface area contributed by atoms with Crippen LogP contribution in [0.25, 0.3) is 0 Å². The molecule has 3 aromatic rings. The molecule has 25 heavy (non-hydrogen) atoms. The van der Waals surface area contributed by atoms with Gasteiger partial charge in [-0.15, -0.1) is 0 Å². The second-order valence-electron chi connectivity index (χ2n) is 6.42. The summed E-state index contributed by atoms with van der Waals surface area (Å²) in [7, 11) is 0. The van der Waals surface area contributed by atoms with E-state index in [9.17, 15) is 0 Å². The van der Waals surface area contributed by atoms with E-state index < -0.39 is 0 Å². The van der Waals surface area contributed by atoms with Crippen LogP contribution in [-0.4, -0.2) is 35.9 Å². The minimum Gasteiger partial charge on any atom is -0.383 e. The zero-order valence-corrected chi connectivity index (χ0v) is 14.4. The maximum absolute atomic E-state index is 6.07. The summed E-state index contributed by atoms with van der Waals surface area (Å²) in [5.41, 5.74) is 9.38. The largest absolute Gasteiger partial charge is 0.383 e. The Balaban J connectivity index is 1.73. The monoisotopic (exact) mass is 337 g/mol. The summed E-state index contributed by atoms with van der Waals surface area (Å²) in [6, 6.07) is 4.00. The van der Waals surface area contributed by atoms with Gasteiger partial charge in [-0.25, -0.2) is 15.0 Å². The van der Waals surface area contributed by atoms with Crippen molar-refractivity contribution in [1.29, 1.82) is 0 Å². The molecule has 0 unspecified atom stereocenters. The van der Waals surface area contributed by atoms with Crippen LogP contribution < -0.4 is 5.73 Å². The Labute approximate surface area is 146 Å². The third-order valence-electron chi connectivity index (χ3n) is 4.78. The van der Waals surface area contributed by atoms with Crippen LogP contribution in [0.3, 0.4) is 0 Å². The number of nitrogens with two attached hydrogens (primary N) is 1. The van der Waals surface area contributed by atoms with Crippen molar-refractivity contribution in [2.24, 2.45) is 0 Å². The van der Waals surface area contributed by atoms with E-state index in [1.165, 1.54) is 5.69 Å².